The second-order valence-corrected chi connectivity index (χ2v) is 7.81. The van der Waals surface area contributed by atoms with Crippen molar-refractivity contribution < 1.29 is 13.2 Å². The van der Waals surface area contributed by atoms with Gasteiger partial charge in [0.2, 0.25) is 0 Å². The lowest BCUT2D eigenvalue weighted by Crippen LogP contribution is -2.53. The molecule has 1 aliphatic carbocycles. The van der Waals surface area contributed by atoms with Crippen molar-refractivity contribution in [3.63, 3.8) is 0 Å². The first kappa shape index (κ1) is 15.2. The van der Waals surface area contributed by atoms with Crippen molar-refractivity contribution in [2.24, 2.45) is 5.92 Å². The SMILES string of the molecule is CCCN(CC1CC1)S(=O)(=O)N1C[C@@H](C)O[C@@H](C)C1. The van der Waals surface area contributed by atoms with E-state index < -0.39 is 10.2 Å². The molecule has 0 spiro atoms. The summed E-state index contributed by atoms with van der Waals surface area (Å²) in [5.74, 6) is 0.581. The molecule has 0 aromatic heterocycles. The molecule has 1 heterocycles. The van der Waals surface area contributed by atoms with E-state index >= 15 is 0 Å². The normalized spacial score (nSPS) is 29.9. The van der Waals surface area contributed by atoms with Crippen LogP contribution in [0.2, 0.25) is 0 Å². The van der Waals surface area contributed by atoms with Crippen LogP contribution in [0.4, 0.5) is 0 Å². The molecular formula is C13H26N2O3S. The van der Waals surface area contributed by atoms with E-state index in [1.165, 1.54) is 12.8 Å². The summed E-state index contributed by atoms with van der Waals surface area (Å²) in [5.41, 5.74) is 0. The van der Waals surface area contributed by atoms with Crippen LogP contribution in [0.1, 0.15) is 40.0 Å². The Hall–Kier alpha value is -0.170. The molecule has 0 amide bonds. The maximum absolute atomic E-state index is 12.7. The van der Waals surface area contributed by atoms with Crippen molar-refractivity contribution in [3.05, 3.63) is 0 Å². The van der Waals surface area contributed by atoms with Crippen molar-refractivity contribution >= 4 is 10.2 Å². The number of hydrogen-bond donors (Lipinski definition) is 0. The zero-order valence-corrected chi connectivity index (χ0v) is 13.0. The lowest BCUT2D eigenvalue weighted by Gasteiger charge is -2.37. The van der Waals surface area contributed by atoms with Gasteiger partial charge in [0.15, 0.2) is 0 Å². The zero-order chi connectivity index (χ0) is 14.0. The van der Waals surface area contributed by atoms with E-state index in [1.54, 1.807) is 8.61 Å². The van der Waals surface area contributed by atoms with Crippen molar-refractivity contribution in [3.8, 4) is 0 Å². The summed E-state index contributed by atoms with van der Waals surface area (Å²) < 4.78 is 34.3. The largest absolute Gasteiger partial charge is 0.373 e. The number of morpholine rings is 1. The Balaban J connectivity index is 2.08. The zero-order valence-electron chi connectivity index (χ0n) is 12.2. The van der Waals surface area contributed by atoms with E-state index in [2.05, 4.69) is 0 Å². The summed E-state index contributed by atoms with van der Waals surface area (Å²) in [7, 11) is -3.32. The molecule has 2 atom stereocenters. The first-order valence-electron chi connectivity index (χ1n) is 7.34. The van der Waals surface area contributed by atoms with Gasteiger partial charge in [-0.3, -0.25) is 0 Å². The Morgan fingerprint density at radius 1 is 1.21 bits per heavy atom. The Labute approximate surface area is 117 Å². The average molecular weight is 290 g/mol. The minimum absolute atomic E-state index is 0.0251. The lowest BCUT2D eigenvalue weighted by atomic mass is 10.3. The summed E-state index contributed by atoms with van der Waals surface area (Å²) in [5, 5.41) is 0. The van der Waals surface area contributed by atoms with Gasteiger partial charge in [-0.1, -0.05) is 6.92 Å². The maximum Gasteiger partial charge on any atom is 0.282 e. The van der Waals surface area contributed by atoms with Gasteiger partial charge in [-0.2, -0.15) is 17.0 Å². The summed E-state index contributed by atoms with van der Waals surface area (Å²) in [6.45, 7) is 8.15. The smallest absolute Gasteiger partial charge is 0.282 e. The molecule has 0 aromatic carbocycles. The summed E-state index contributed by atoms with van der Waals surface area (Å²) in [6, 6.07) is 0. The predicted molar refractivity (Wildman–Crippen MR) is 75.1 cm³/mol. The molecule has 0 aromatic rings. The number of rotatable bonds is 6. The van der Waals surface area contributed by atoms with Crippen LogP contribution in [0.5, 0.6) is 0 Å². The maximum atomic E-state index is 12.7. The third-order valence-corrected chi connectivity index (χ3v) is 5.61. The van der Waals surface area contributed by atoms with Gasteiger partial charge < -0.3 is 4.74 Å². The summed E-state index contributed by atoms with van der Waals surface area (Å²) in [4.78, 5) is 0. The molecule has 2 aliphatic rings. The number of nitrogens with zero attached hydrogens (tertiary/aromatic N) is 2. The van der Waals surface area contributed by atoms with Crippen LogP contribution >= 0.6 is 0 Å². The third kappa shape index (κ3) is 3.90. The average Bonchev–Trinajstić information content (AvgIpc) is 3.11. The van der Waals surface area contributed by atoms with Crippen LogP contribution in [-0.4, -0.2) is 55.4 Å². The van der Waals surface area contributed by atoms with Crippen molar-refractivity contribution in [1.29, 1.82) is 0 Å². The van der Waals surface area contributed by atoms with E-state index in [4.69, 9.17) is 4.74 Å². The quantitative estimate of drug-likeness (QED) is 0.744. The van der Waals surface area contributed by atoms with Crippen LogP contribution in [-0.2, 0) is 14.9 Å². The molecule has 6 heteroatoms. The minimum Gasteiger partial charge on any atom is -0.373 e. The first-order chi connectivity index (χ1) is 8.93. The molecule has 19 heavy (non-hydrogen) atoms. The number of ether oxygens (including phenoxy) is 1. The molecule has 1 aliphatic heterocycles. The minimum atomic E-state index is -3.32. The van der Waals surface area contributed by atoms with Crippen molar-refractivity contribution in [2.45, 2.75) is 52.2 Å². The van der Waals surface area contributed by atoms with Crippen molar-refractivity contribution in [1.82, 2.24) is 8.61 Å². The van der Waals surface area contributed by atoms with Crippen molar-refractivity contribution in [2.75, 3.05) is 26.2 Å². The molecule has 5 nitrogen and oxygen atoms in total. The van der Waals surface area contributed by atoms with Crippen LogP contribution in [0.3, 0.4) is 0 Å². The molecule has 0 bridgehead atoms. The monoisotopic (exact) mass is 290 g/mol. The second-order valence-electron chi connectivity index (χ2n) is 5.88. The van der Waals surface area contributed by atoms with Crippen LogP contribution < -0.4 is 0 Å². The standard InChI is InChI=1S/C13H26N2O3S/c1-4-7-14(10-13-5-6-13)19(16,17)15-8-11(2)18-12(3)9-15/h11-13H,4-10H2,1-3H3/t11-,12+. The summed E-state index contributed by atoms with van der Waals surface area (Å²) in [6.07, 6.45) is 3.16. The Morgan fingerprint density at radius 3 is 2.26 bits per heavy atom. The van der Waals surface area contributed by atoms with E-state index in [0.717, 1.165) is 6.42 Å². The molecule has 0 unspecified atom stereocenters. The highest BCUT2D eigenvalue weighted by Gasteiger charge is 2.37. The van der Waals surface area contributed by atoms with Crippen LogP contribution in [0.25, 0.3) is 0 Å². The van der Waals surface area contributed by atoms with Gasteiger partial charge in [-0.05, 0) is 39.0 Å². The fourth-order valence-electron chi connectivity index (χ4n) is 2.62. The molecule has 0 N–H and O–H groups in total. The lowest BCUT2D eigenvalue weighted by molar-refractivity contribution is -0.0455. The number of hydrogen-bond acceptors (Lipinski definition) is 3. The van der Waals surface area contributed by atoms with Crippen LogP contribution in [0.15, 0.2) is 0 Å². The predicted octanol–water partition coefficient (Wildman–Crippen LogP) is 1.46. The molecule has 1 saturated carbocycles. The van der Waals surface area contributed by atoms with Gasteiger partial charge in [0.1, 0.15) is 0 Å². The Morgan fingerprint density at radius 2 is 1.79 bits per heavy atom. The molecule has 0 radical (unpaired) electrons. The van der Waals surface area contributed by atoms with Crippen LogP contribution in [0, 0.1) is 5.92 Å². The van der Waals surface area contributed by atoms with E-state index in [0.29, 0.717) is 32.1 Å². The van der Waals surface area contributed by atoms with Gasteiger partial charge in [-0.15, -0.1) is 0 Å². The van der Waals surface area contributed by atoms with Gasteiger partial charge >= 0.3 is 0 Å². The topological polar surface area (TPSA) is 49.9 Å². The highest BCUT2D eigenvalue weighted by molar-refractivity contribution is 7.86. The third-order valence-electron chi connectivity index (χ3n) is 3.67. The fourth-order valence-corrected chi connectivity index (χ4v) is 4.56. The molecule has 2 fully saturated rings. The van der Waals surface area contributed by atoms with Gasteiger partial charge in [0.05, 0.1) is 12.2 Å². The van der Waals surface area contributed by atoms with Gasteiger partial charge in [-0.25, -0.2) is 0 Å². The Kier molecular flexibility index (Phi) is 4.87. The molecular weight excluding hydrogens is 264 g/mol. The molecule has 112 valence electrons. The summed E-state index contributed by atoms with van der Waals surface area (Å²) >= 11 is 0. The highest BCUT2D eigenvalue weighted by atomic mass is 32.2. The highest BCUT2D eigenvalue weighted by Crippen LogP contribution is 2.31. The Bertz CT molecular complexity index is 374. The van der Waals surface area contributed by atoms with E-state index in [-0.39, 0.29) is 12.2 Å². The van der Waals surface area contributed by atoms with Gasteiger partial charge in [0, 0.05) is 26.2 Å². The van der Waals surface area contributed by atoms with E-state index in [9.17, 15) is 8.42 Å². The molecule has 1 saturated heterocycles. The van der Waals surface area contributed by atoms with Gasteiger partial charge in [0.25, 0.3) is 10.2 Å². The fraction of sp³-hybridized carbons (Fsp3) is 1.00. The molecule has 2 rings (SSSR count). The first-order valence-corrected chi connectivity index (χ1v) is 8.73. The van der Waals surface area contributed by atoms with E-state index in [1.807, 2.05) is 20.8 Å². The second kappa shape index (κ2) is 6.08.